The second-order valence-electron chi connectivity index (χ2n) is 7.24. The Bertz CT molecular complexity index is 1290. The van der Waals surface area contributed by atoms with Crippen LogP contribution >= 0.6 is 0 Å². The van der Waals surface area contributed by atoms with Gasteiger partial charge >= 0.3 is 0 Å². The van der Waals surface area contributed by atoms with Crippen molar-refractivity contribution in [3.63, 3.8) is 0 Å². The third-order valence-corrected chi connectivity index (χ3v) is 5.53. The van der Waals surface area contributed by atoms with E-state index in [1.807, 2.05) is 24.4 Å². The number of hydrogen-bond donors (Lipinski definition) is 0. The zero-order valence-corrected chi connectivity index (χ0v) is 16.2. The normalized spacial score (nSPS) is 12.2. The maximum atomic E-state index is 5.38. The predicted octanol–water partition coefficient (Wildman–Crippen LogP) is 6.58. The van der Waals surface area contributed by atoms with Crippen LogP contribution in [0.4, 0.5) is 0 Å². The van der Waals surface area contributed by atoms with Gasteiger partial charge in [0.1, 0.15) is 5.75 Å². The number of para-hydroxylation sites is 1. The number of methoxy groups -OCH3 is 1. The van der Waals surface area contributed by atoms with Crippen LogP contribution in [0.2, 0.25) is 0 Å². The highest BCUT2D eigenvalue weighted by Crippen LogP contribution is 2.37. The van der Waals surface area contributed by atoms with Crippen molar-refractivity contribution >= 4 is 21.7 Å². The van der Waals surface area contributed by atoms with Gasteiger partial charge in [-0.1, -0.05) is 78.9 Å². The number of pyridine rings is 1. The molecule has 0 aliphatic carbocycles. The van der Waals surface area contributed by atoms with Crippen LogP contribution in [0.15, 0.2) is 103 Å². The first kappa shape index (κ1) is 17.4. The lowest BCUT2D eigenvalue weighted by Gasteiger charge is -2.21. The predicted molar refractivity (Wildman–Crippen MR) is 120 cm³/mol. The topological polar surface area (TPSA) is 22.1 Å². The first-order valence-corrected chi connectivity index (χ1v) is 9.80. The molecule has 0 spiro atoms. The molecule has 5 aromatic rings. The molecule has 2 nitrogen and oxygen atoms in total. The van der Waals surface area contributed by atoms with E-state index in [0.29, 0.717) is 0 Å². The van der Waals surface area contributed by atoms with E-state index >= 15 is 0 Å². The van der Waals surface area contributed by atoms with Gasteiger partial charge in [-0.15, -0.1) is 0 Å². The Balaban J connectivity index is 1.75. The number of hydrogen-bond acceptors (Lipinski definition) is 2. The molecule has 0 N–H and O–H groups in total. The average molecular weight is 375 g/mol. The first-order valence-electron chi connectivity index (χ1n) is 9.80. The third kappa shape index (κ3) is 3.23. The van der Waals surface area contributed by atoms with Crippen LogP contribution in [-0.4, -0.2) is 12.1 Å². The standard InChI is InChI=1S/C27H21NO/c1-29-24-15-13-20(14-16-24)26(23-12-11-19-6-2-3-7-22(19)18-23)25-10-4-8-21-9-5-17-28-27(21)25/h2-18,26H,1H3/t26-/m0/s1. The molecular formula is C27H21NO. The van der Waals surface area contributed by atoms with Crippen molar-refractivity contribution in [1.29, 1.82) is 0 Å². The second-order valence-corrected chi connectivity index (χ2v) is 7.24. The summed E-state index contributed by atoms with van der Waals surface area (Å²) in [5, 5.41) is 3.65. The van der Waals surface area contributed by atoms with Crippen molar-refractivity contribution in [3.8, 4) is 5.75 Å². The van der Waals surface area contributed by atoms with Gasteiger partial charge in [-0.3, -0.25) is 4.98 Å². The number of benzene rings is 4. The van der Waals surface area contributed by atoms with Crippen LogP contribution in [0.25, 0.3) is 21.7 Å². The lowest BCUT2D eigenvalue weighted by molar-refractivity contribution is 0.414. The van der Waals surface area contributed by atoms with E-state index in [9.17, 15) is 0 Å². The Morgan fingerprint density at radius 3 is 2.21 bits per heavy atom. The minimum absolute atomic E-state index is 0.0871. The highest BCUT2D eigenvalue weighted by atomic mass is 16.5. The molecule has 0 bridgehead atoms. The van der Waals surface area contributed by atoms with Gasteiger partial charge < -0.3 is 4.74 Å². The minimum atomic E-state index is 0.0871. The quantitative estimate of drug-likeness (QED) is 0.331. The second kappa shape index (κ2) is 7.40. The maximum absolute atomic E-state index is 5.38. The molecular weight excluding hydrogens is 354 g/mol. The fourth-order valence-electron chi connectivity index (χ4n) is 4.10. The summed E-state index contributed by atoms with van der Waals surface area (Å²) in [5.41, 5.74) is 4.73. The van der Waals surface area contributed by atoms with Crippen molar-refractivity contribution in [2.75, 3.05) is 7.11 Å². The Hall–Kier alpha value is -3.65. The van der Waals surface area contributed by atoms with Gasteiger partial charge in [-0.25, -0.2) is 0 Å². The van der Waals surface area contributed by atoms with Crippen molar-refractivity contribution in [1.82, 2.24) is 4.98 Å². The zero-order valence-electron chi connectivity index (χ0n) is 16.2. The van der Waals surface area contributed by atoms with E-state index in [0.717, 1.165) is 16.7 Å². The molecule has 0 aliphatic heterocycles. The van der Waals surface area contributed by atoms with Gasteiger partial charge in [-0.05, 0) is 45.7 Å². The monoisotopic (exact) mass is 375 g/mol. The zero-order chi connectivity index (χ0) is 19.6. The fourth-order valence-corrected chi connectivity index (χ4v) is 4.10. The van der Waals surface area contributed by atoms with E-state index in [1.54, 1.807) is 7.11 Å². The minimum Gasteiger partial charge on any atom is -0.497 e. The van der Waals surface area contributed by atoms with E-state index in [4.69, 9.17) is 9.72 Å². The molecule has 0 saturated heterocycles. The molecule has 5 rings (SSSR count). The molecule has 0 saturated carbocycles. The molecule has 4 aromatic carbocycles. The van der Waals surface area contributed by atoms with Crippen LogP contribution in [-0.2, 0) is 0 Å². The number of ether oxygens (including phenoxy) is 1. The Morgan fingerprint density at radius 1 is 0.655 bits per heavy atom. The summed E-state index contributed by atoms with van der Waals surface area (Å²) in [5.74, 6) is 0.950. The SMILES string of the molecule is COc1ccc([C@@H](c2ccc3ccccc3c2)c2cccc3cccnc23)cc1. The molecule has 0 fully saturated rings. The van der Waals surface area contributed by atoms with Crippen molar-refractivity contribution in [3.05, 3.63) is 120 Å². The molecule has 29 heavy (non-hydrogen) atoms. The van der Waals surface area contributed by atoms with Crippen LogP contribution in [0, 0.1) is 0 Å². The summed E-state index contributed by atoms with van der Waals surface area (Å²) in [4.78, 5) is 4.72. The largest absolute Gasteiger partial charge is 0.497 e. The first-order chi connectivity index (χ1) is 14.3. The molecule has 1 atom stereocenters. The van der Waals surface area contributed by atoms with E-state index in [2.05, 4.69) is 78.9 Å². The Labute approximate surface area is 170 Å². The van der Waals surface area contributed by atoms with Crippen LogP contribution in [0.1, 0.15) is 22.6 Å². The van der Waals surface area contributed by atoms with Gasteiger partial charge in [-0.2, -0.15) is 0 Å². The highest BCUT2D eigenvalue weighted by Gasteiger charge is 2.20. The van der Waals surface area contributed by atoms with Crippen molar-refractivity contribution in [2.45, 2.75) is 5.92 Å². The summed E-state index contributed by atoms with van der Waals surface area (Å²) in [7, 11) is 1.70. The number of rotatable bonds is 4. The van der Waals surface area contributed by atoms with Gasteiger partial charge in [0, 0.05) is 17.5 Å². The lowest BCUT2D eigenvalue weighted by atomic mass is 9.83. The van der Waals surface area contributed by atoms with E-state index in [1.165, 1.54) is 27.5 Å². The molecule has 1 aromatic heterocycles. The van der Waals surface area contributed by atoms with Crippen molar-refractivity contribution in [2.24, 2.45) is 0 Å². The third-order valence-electron chi connectivity index (χ3n) is 5.53. The molecule has 0 unspecified atom stereocenters. The van der Waals surface area contributed by atoms with Gasteiger partial charge in [0.2, 0.25) is 0 Å². The fraction of sp³-hybridized carbons (Fsp3) is 0.0741. The smallest absolute Gasteiger partial charge is 0.118 e. The molecule has 1 heterocycles. The van der Waals surface area contributed by atoms with Crippen molar-refractivity contribution < 1.29 is 4.74 Å². The molecule has 0 aliphatic rings. The molecule has 0 radical (unpaired) electrons. The summed E-state index contributed by atoms with van der Waals surface area (Å²) < 4.78 is 5.38. The number of aromatic nitrogens is 1. The summed E-state index contributed by atoms with van der Waals surface area (Å²) in [6.07, 6.45) is 1.87. The summed E-state index contributed by atoms with van der Waals surface area (Å²) in [6, 6.07) is 34.2. The van der Waals surface area contributed by atoms with Crippen LogP contribution in [0.3, 0.4) is 0 Å². The maximum Gasteiger partial charge on any atom is 0.118 e. The number of nitrogens with zero attached hydrogens (tertiary/aromatic N) is 1. The molecule has 0 amide bonds. The van der Waals surface area contributed by atoms with E-state index in [-0.39, 0.29) is 5.92 Å². The number of fused-ring (bicyclic) bond motifs is 2. The summed E-state index contributed by atoms with van der Waals surface area (Å²) in [6.45, 7) is 0. The van der Waals surface area contributed by atoms with Gasteiger partial charge in [0.25, 0.3) is 0 Å². The summed E-state index contributed by atoms with van der Waals surface area (Å²) >= 11 is 0. The van der Waals surface area contributed by atoms with Crippen LogP contribution < -0.4 is 4.74 Å². The molecule has 2 heteroatoms. The van der Waals surface area contributed by atoms with E-state index < -0.39 is 0 Å². The van der Waals surface area contributed by atoms with Crippen LogP contribution in [0.5, 0.6) is 5.75 Å². The van der Waals surface area contributed by atoms with Gasteiger partial charge in [0.15, 0.2) is 0 Å². The molecule has 140 valence electrons. The Morgan fingerprint density at radius 2 is 1.38 bits per heavy atom. The Kier molecular flexibility index (Phi) is 4.45. The highest BCUT2D eigenvalue weighted by molar-refractivity contribution is 5.85. The van der Waals surface area contributed by atoms with Gasteiger partial charge in [0.05, 0.1) is 12.6 Å². The average Bonchev–Trinajstić information content (AvgIpc) is 2.80. The lowest BCUT2D eigenvalue weighted by Crippen LogP contribution is -2.05.